The van der Waals surface area contributed by atoms with Crippen molar-refractivity contribution in [3.63, 3.8) is 0 Å². The van der Waals surface area contributed by atoms with Crippen LogP contribution in [0.4, 0.5) is 0 Å². The number of fused-ring (bicyclic) bond motifs is 2. The summed E-state index contributed by atoms with van der Waals surface area (Å²) in [4.78, 5) is 17.8. The first kappa shape index (κ1) is 19.3. The standard InChI is InChI=1S/C22H22N4O2S/c1-3-13-28-16-11-9-15(10-12-16)20-23-18-8-6-5-7-17(18)19-21(27)24-22(25-26(19)20)29-14-4-2/h4-12,20H,2-3,13-14H2,1H3,(H,24,25,27). The van der Waals surface area contributed by atoms with Crippen LogP contribution < -0.4 is 20.6 Å². The first-order valence-electron chi connectivity index (χ1n) is 9.54. The van der Waals surface area contributed by atoms with Crippen molar-refractivity contribution in [3.8, 4) is 5.75 Å². The fraction of sp³-hybridized carbons (Fsp3) is 0.227. The fourth-order valence-electron chi connectivity index (χ4n) is 3.20. The van der Waals surface area contributed by atoms with Crippen molar-refractivity contribution >= 4 is 28.5 Å². The second-order valence-corrected chi connectivity index (χ2v) is 7.60. The third-order valence-corrected chi connectivity index (χ3v) is 5.36. The maximum atomic E-state index is 12.9. The maximum Gasteiger partial charge on any atom is 0.276 e. The molecule has 0 radical (unpaired) electrons. The van der Waals surface area contributed by atoms with Crippen LogP contribution in [0.2, 0.25) is 0 Å². The molecular formula is C22H22N4O2S. The molecule has 0 saturated carbocycles. The van der Waals surface area contributed by atoms with E-state index in [9.17, 15) is 4.79 Å². The Morgan fingerprint density at radius 3 is 2.79 bits per heavy atom. The lowest BCUT2D eigenvalue weighted by atomic mass is 10.1. The van der Waals surface area contributed by atoms with Gasteiger partial charge in [-0.15, -0.1) is 11.7 Å². The largest absolute Gasteiger partial charge is 0.494 e. The third kappa shape index (κ3) is 3.91. The van der Waals surface area contributed by atoms with Crippen LogP contribution in [0.3, 0.4) is 0 Å². The molecule has 0 saturated heterocycles. The van der Waals surface area contributed by atoms with E-state index in [2.05, 4.69) is 18.8 Å². The highest BCUT2D eigenvalue weighted by molar-refractivity contribution is 8.14. The van der Waals surface area contributed by atoms with Crippen LogP contribution in [-0.4, -0.2) is 28.4 Å². The Morgan fingerprint density at radius 2 is 2.03 bits per heavy atom. The number of thioether (sulfide) groups is 1. The number of nitrogens with one attached hydrogen (secondary N) is 1. The van der Waals surface area contributed by atoms with Gasteiger partial charge in [0.15, 0.2) is 11.3 Å². The number of hydrazone groups is 1. The number of benzene rings is 2. The predicted molar refractivity (Wildman–Crippen MR) is 116 cm³/mol. The summed E-state index contributed by atoms with van der Waals surface area (Å²) in [7, 11) is 0. The number of amides is 1. The van der Waals surface area contributed by atoms with Gasteiger partial charge in [0, 0.05) is 11.0 Å². The zero-order chi connectivity index (χ0) is 20.2. The van der Waals surface area contributed by atoms with Crippen LogP contribution in [0.15, 0.2) is 71.3 Å². The van der Waals surface area contributed by atoms with Crippen LogP contribution in [0, 0.1) is 0 Å². The zero-order valence-corrected chi connectivity index (χ0v) is 17.0. The summed E-state index contributed by atoms with van der Waals surface area (Å²) in [5, 5.41) is 11.4. The number of ether oxygens (including phenoxy) is 1. The smallest absolute Gasteiger partial charge is 0.276 e. The highest BCUT2D eigenvalue weighted by Gasteiger charge is 2.34. The van der Waals surface area contributed by atoms with Crippen molar-refractivity contribution < 1.29 is 9.53 Å². The number of para-hydroxylation sites is 1. The van der Waals surface area contributed by atoms with Gasteiger partial charge in [0.25, 0.3) is 5.91 Å². The Morgan fingerprint density at radius 1 is 1.24 bits per heavy atom. The number of carbonyl (C=O) groups excluding carboxylic acids is 1. The molecule has 1 amide bonds. The van der Waals surface area contributed by atoms with E-state index in [0.717, 1.165) is 28.3 Å². The van der Waals surface area contributed by atoms with Gasteiger partial charge < -0.3 is 4.74 Å². The first-order chi connectivity index (χ1) is 14.2. The van der Waals surface area contributed by atoms with E-state index in [1.807, 2.05) is 48.5 Å². The molecular weight excluding hydrogens is 384 g/mol. The molecule has 0 aromatic heterocycles. The number of nitrogens with zero attached hydrogens (tertiary/aromatic N) is 3. The number of carbonyl (C=O) groups is 1. The summed E-state index contributed by atoms with van der Waals surface area (Å²) in [6, 6.07) is 15.5. The van der Waals surface area contributed by atoms with Gasteiger partial charge in [-0.2, -0.15) is 0 Å². The molecule has 2 heterocycles. The van der Waals surface area contributed by atoms with E-state index in [4.69, 9.17) is 14.8 Å². The average molecular weight is 407 g/mol. The van der Waals surface area contributed by atoms with Gasteiger partial charge >= 0.3 is 0 Å². The van der Waals surface area contributed by atoms with E-state index in [0.29, 0.717) is 23.2 Å². The average Bonchev–Trinajstić information content (AvgIpc) is 2.76. The lowest BCUT2D eigenvalue weighted by Gasteiger charge is -2.34. The van der Waals surface area contributed by atoms with Gasteiger partial charge in [-0.1, -0.05) is 55.1 Å². The maximum absolute atomic E-state index is 12.9. The van der Waals surface area contributed by atoms with Crippen LogP contribution in [0.5, 0.6) is 5.75 Å². The van der Waals surface area contributed by atoms with E-state index in [1.54, 1.807) is 11.1 Å². The summed E-state index contributed by atoms with van der Waals surface area (Å²) in [6.07, 6.45) is 2.31. The summed E-state index contributed by atoms with van der Waals surface area (Å²) >= 11 is 1.43. The number of amidine groups is 1. The minimum absolute atomic E-state index is 0.179. The van der Waals surface area contributed by atoms with E-state index in [-0.39, 0.29) is 5.91 Å². The molecule has 148 valence electrons. The molecule has 0 bridgehead atoms. The van der Waals surface area contributed by atoms with Crippen LogP contribution >= 0.6 is 11.8 Å². The number of rotatable bonds is 6. The van der Waals surface area contributed by atoms with Crippen LogP contribution in [-0.2, 0) is 4.79 Å². The minimum Gasteiger partial charge on any atom is -0.494 e. The molecule has 2 aromatic carbocycles. The summed E-state index contributed by atoms with van der Waals surface area (Å²) in [6.45, 7) is 6.48. The van der Waals surface area contributed by atoms with Crippen molar-refractivity contribution in [1.82, 2.24) is 10.3 Å². The summed E-state index contributed by atoms with van der Waals surface area (Å²) in [5.41, 5.74) is 1.45. The predicted octanol–water partition coefficient (Wildman–Crippen LogP) is 2.54. The van der Waals surface area contributed by atoms with Crippen molar-refractivity contribution in [1.29, 1.82) is 0 Å². The molecule has 4 rings (SSSR count). The summed E-state index contributed by atoms with van der Waals surface area (Å²) in [5.74, 6) is 1.30. The van der Waals surface area contributed by atoms with E-state index < -0.39 is 6.17 Å². The second kappa shape index (κ2) is 8.53. The lowest BCUT2D eigenvalue weighted by Crippen LogP contribution is -2.50. The Bertz CT molecular complexity index is 1080. The Kier molecular flexibility index (Phi) is 5.67. The van der Waals surface area contributed by atoms with Crippen molar-refractivity contribution in [3.05, 3.63) is 77.3 Å². The molecule has 0 aliphatic carbocycles. The van der Waals surface area contributed by atoms with Gasteiger partial charge in [0.2, 0.25) is 0 Å². The molecule has 0 fully saturated rings. The molecule has 7 heteroatoms. The molecule has 2 aliphatic heterocycles. The van der Waals surface area contributed by atoms with Crippen LogP contribution in [0.1, 0.15) is 25.1 Å². The number of hydrogen-bond acceptors (Lipinski definition) is 6. The van der Waals surface area contributed by atoms with Crippen molar-refractivity contribution in [2.45, 2.75) is 19.5 Å². The molecule has 1 unspecified atom stereocenters. The molecule has 0 spiro atoms. The van der Waals surface area contributed by atoms with E-state index >= 15 is 0 Å². The molecule has 29 heavy (non-hydrogen) atoms. The molecule has 1 N–H and O–H groups in total. The van der Waals surface area contributed by atoms with Gasteiger partial charge in [-0.05, 0) is 30.2 Å². The monoisotopic (exact) mass is 406 g/mol. The first-order valence-corrected chi connectivity index (χ1v) is 10.5. The van der Waals surface area contributed by atoms with Crippen LogP contribution in [0.25, 0.3) is 5.70 Å². The fourth-order valence-corrected chi connectivity index (χ4v) is 3.79. The Balaban J connectivity index is 1.78. The van der Waals surface area contributed by atoms with Gasteiger partial charge in [-0.3, -0.25) is 15.1 Å². The summed E-state index contributed by atoms with van der Waals surface area (Å²) < 4.78 is 5.68. The minimum atomic E-state index is -0.425. The van der Waals surface area contributed by atoms with Crippen molar-refractivity contribution in [2.75, 3.05) is 12.4 Å². The topological polar surface area (TPSA) is 66.3 Å². The normalized spacial score (nSPS) is 17.5. The SMILES string of the molecule is C=CCSC1=NN2C(=c3ccccc3=NC2c2ccc(OCCC)cc2)C(=O)N1. The van der Waals surface area contributed by atoms with Gasteiger partial charge in [0.05, 0.1) is 12.0 Å². The number of hydrogen-bond donors (Lipinski definition) is 1. The molecule has 2 aliphatic rings. The zero-order valence-electron chi connectivity index (χ0n) is 16.2. The van der Waals surface area contributed by atoms with Gasteiger partial charge in [0.1, 0.15) is 11.4 Å². The van der Waals surface area contributed by atoms with E-state index in [1.165, 1.54) is 11.8 Å². The van der Waals surface area contributed by atoms with Gasteiger partial charge in [-0.25, -0.2) is 5.01 Å². The lowest BCUT2D eigenvalue weighted by molar-refractivity contribution is -0.116. The third-order valence-electron chi connectivity index (χ3n) is 4.50. The quantitative estimate of drug-likeness (QED) is 0.749. The molecule has 6 nitrogen and oxygen atoms in total. The second-order valence-electron chi connectivity index (χ2n) is 6.59. The Hall–Kier alpha value is -3.06. The highest BCUT2D eigenvalue weighted by Crippen LogP contribution is 2.31. The van der Waals surface area contributed by atoms with Crippen molar-refractivity contribution in [2.24, 2.45) is 10.1 Å². The highest BCUT2D eigenvalue weighted by atomic mass is 32.2. The molecule has 2 aromatic rings. The molecule has 1 atom stereocenters. The Labute approximate surface area is 173 Å².